The smallest absolute Gasteiger partial charge is 0.130 e. The van der Waals surface area contributed by atoms with E-state index in [1.807, 2.05) is 30.3 Å². The molecule has 0 spiro atoms. The van der Waals surface area contributed by atoms with Crippen molar-refractivity contribution in [2.24, 2.45) is 0 Å². The average molecular weight is 304 g/mol. The van der Waals surface area contributed by atoms with Gasteiger partial charge in [-0.2, -0.15) is 0 Å². The number of aryl methyl sites for hydroxylation is 1. The minimum Gasteiger partial charge on any atom is -0.490 e. The van der Waals surface area contributed by atoms with Crippen molar-refractivity contribution in [2.45, 2.75) is 39.4 Å². The van der Waals surface area contributed by atoms with Crippen molar-refractivity contribution in [1.29, 1.82) is 0 Å². The first-order chi connectivity index (χ1) is 10.5. The molecular weight excluding hydrogens is 280 g/mol. The van der Waals surface area contributed by atoms with Crippen LogP contribution in [-0.2, 0) is 6.42 Å². The Labute approximate surface area is 131 Å². The Kier molecular flexibility index (Phi) is 5.63. The summed E-state index contributed by atoms with van der Waals surface area (Å²) in [6, 6.07) is 9.82. The first-order valence-corrected chi connectivity index (χ1v) is 7.69. The highest BCUT2D eigenvalue weighted by Crippen LogP contribution is 2.37. The maximum Gasteiger partial charge on any atom is 0.130 e. The quantitative estimate of drug-likeness (QED) is 0.826. The lowest BCUT2D eigenvalue weighted by molar-refractivity contribution is 0.121. The van der Waals surface area contributed by atoms with Gasteiger partial charge in [0.2, 0.25) is 0 Å². The molecule has 120 valence electrons. The molecule has 0 aliphatic rings. The summed E-state index contributed by atoms with van der Waals surface area (Å²) < 4.78 is 11.6. The summed E-state index contributed by atoms with van der Waals surface area (Å²) in [5, 5.41) is 20.8. The molecular formula is C18H24O4. The molecule has 0 bridgehead atoms. The van der Waals surface area contributed by atoms with Crippen LogP contribution in [0.1, 0.15) is 26.3 Å². The van der Waals surface area contributed by atoms with Gasteiger partial charge in [0.25, 0.3) is 0 Å². The van der Waals surface area contributed by atoms with Crippen molar-refractivity contribution in [3.63, 3.8) is 0 Å². The largest absolute Gasteiger partial charge is 0.490 e. The SMILES string of the molecule is CCc1cc(OCC(C)O)c2ccccc2c1OCC(C)O. The van der Waals surface area contributed by atoms with Gasteiger partial charge >= 0.3 is 0 Å². The van der Waals surface area contributed by atoms with Crippen molar-refractivity contribution in [2.75, 3.05) is 13.2 Å². The molecule has 0 aliphatic carbocycles. The highest BCUT2D eigenvalue weighted by Gasteiger charge is 2.14. The number of ether oxygens (including phenoxy) is 2. The predicted molar refractivity (Wildman–Crippen MR) is 87.7 cm³/mol. The summed E-state index contributed by atoms with van der Waals surface area (Å²) in [4.78, 5) is 0. The van der Waals surface area contributed by atoms with Crippen LogP contribution < -0.4 is 9.47 Å². The molecule has 4 heteroatoms. The van der Waals surface area contributed by atoms with Crippen LogP contribution in [0.3, 0.4) is 0 Å². The lowest BCUT2D eigenvalue weighted by Crippen LogP contribution is -2.15. The van der Waals surface area contributed by atoms with Crippen molar-refractivity contribution in [1.82, 2.24) is 0 Å². The molecule has 22 heavy (non-hydrogen) atoms. The fraction of sp³-hybridized carbons (Fsp3) is 0.444. The number of aliphatic hydroxyl groups excluding tert-OH is 2. The molecule has 0 amide bonds. The summed E-state index contributed by atoms with van der Waals surface area (Å²) in [6.45, 7) is 5.96. The van der Waals surface area contributed by atoms with Crippen LogP contribution in [0.25, 0.3) is 10.8 Å². The minimum atomic E-state index is -0.519. The molecule has 4 nitrogen and oxygen atoms in total. The first-order valence-electron chi connectivity index (χ1n) is 7.69. The summed E-state index contributed by atoms with van der Waals surface area (Å²) in [5.74, 6) is 1.54. The van der Waals surface area contributed by atoms with E-state index in [0.29, 0.717) is 0 Å². The summed E-state index contributed by atoms with van der Waals surface area (Å²) in [7, 11) is 0. The van der Waals surface area contributed by atoms with E-state index < -0.39 is 12.2 Å². The molecule has 0 aliphatic heterocycles. The summed E-state index contributed by atoms with van der Waals surface area (Å²) in [5.41, 5.74) is 1.03. The van der Waals surface area contributed by atoms with E-state index in [1.54, 1.807) is 13.8 Å². The van der Waals surface area contributed by atoms with Gasteiger partial charge in [0.05, 0.1) is 12.2 Å². The van der Waals surface area contributed by atoms with Crippen molar-refractivity contribution >= 4 is 10.8 Å². The average Bonchev–Trinajstić information content (AvgIpc) is 2.50. The zero-order valence-electron chi connectivity index (χ0n) is 13.4. The molecule has 0 radical (unpaired) electrons. The third kappa shape index (κ3) is 3.90. The monoisotopic (exact) mass is 304 g/mol. The third-order valence-corrected chi connectivity index (χ3v) is 3.36. The second-order valence-corrected chi connectivity index (χ2v) is 5.58. The van der Waals surface area contributed by atoms with Crippen LogP contribution in [0.5, 0.6) is 11.5 Å². The lowest BCUT2D eigenvalue weighted by Gasteiger charge is -2.18. The van der Waals surface area contributed by atoms with Gasteiger partial charge < -0.3 is 19.7 Å². The topological polar surface area (TPSA) is 58.9 Å². The second-order valence-electron chi connectivity index (χ2n) is 5.58. The normalized spacial score (nSPS) is 13.9. The van der Waals surface area contributed by atoms with E-state index >= 15 is 0 Å². The number of rotatable bonds is 7. The summed E-state index contributed by atoms with van der Waals surface area (Å²) in [6.07, 6.45) is -0.241. The Balaban J connectivity index is 2.48. The molecule has 2 unspecified atom stereocenters. The van der Waals surface area contributed by atoms with Gasteiger partial charge in [-0.3, -0.25) is 0 Å². The van der Waals surface area contributed by atoms with Gasteiger partial charge in [0.15, 0.2) is 0 Å². The molecule has 2 aromatic rings. The number of aliphatic hydroxyl groups is 2. The van der Waals surface area contributed by atoms with Crippen LogP contribution >= 0.6 is 0 Å². The van der Waals surface area contributed by atoms with Gasteiger partial charge in [-0.25, -0.2) is 0 Å². The standard InChI is InChI=1S/C18H24O4/c1-4-14-9-17(21-10-12(2)19)15-7-5-6-8-16(15)18(14)22-11-13(3)20/h5-9,12-13,19-20H,4,10-11H2,1-3H3. The zero-order valence-corrected chi connectivity index (χ0v) is 13.4. The zero-order chi connectivity index (χ0) is 16.1. The Bertz CT molecular complexity index is 620. The first kappa shape index (κ1) is 16.6. The summed E-state index contributed by atoms with van der Waals surface area (Å²) >= 11 is 0. The van der Waals surface area contributed by atoms with Gasteiger partial charge in [0, 0.05) is 10.8 Å². The molecule has 2 N–H and O–H groups in total. The highest BCUT2D eigenvalue weighted by atomic mass is 16.5. The second kappa shape index (κ2) is 7.47. The van der Waals surface area contributed by atoms with Crippen molar-refractivity contribution < 1.29 is 19.7 Å². The van der Waals surface area contributed by atoms with Gasteiger partial charge in [-0.05, 0) is 31.9 Å². The van der Waals surface area contributed by atoms with Crippen LogP contribution in [0, 0.1) is 0 Å². The molecule has 2 aromatic carbocycles. The van der Waals surface area contributed by atoms with E-state index in [2.05, 4.69) is 6.92 Å². The lowest BCUT2D eigenvalue weighted by atomic mass is 10.0. The molecule has 2 rings (SSSR count). The molecule has 0 aromatic heterocycles. The maximum atomic E-state index is 9.47. The number of hydrogen-bond acceptors (Lipinski definition) is 4. The highest BCUT2D eigenvalue weighted by molar-refractivity contribution is 5.94. The van der Waals surface area contributed by atoms with Crippen molar-refractivity contribution in [3.05, 3.63) is 35.9 Å². The molecule has 0 fully saturated rings. The Hall–Kier alpha value is -1.78. The Morgan fingerprint density at radius 3 is 2.14 bits per heavy atom. The maximum absolute atomic E-state index is 9.47. The number of benzene rings is 2. The van der Waals surface area contributed by atoms with Gasteiger partial charge in [-0.1, -0.05) is 31.2 Å². The molecule has 2 atom stereocenters. The Morgan fingerprint density at radius 2 is 1.55 bits per heavy atom. The van der Waals surface area contributed by atoms with Crippen LogP contribution in [-0.4, -0.2) is 35.6 Å². The Morgan fingerprint density at radius 1 is 0.955 bits per heavy atom. The van der Waals surface area contributed by atoms with E-state index in [1.165, 1.54) is 0 Å². The van der Waals surface area contributed by atoms with E-state index in [4.69, 9.17) is 9.47 Å². The van der Waals surface area contributed by atoms with E-state index in [9.17, 15) is 10.2 Å². The van der Waals surface area contributed by atoms with E-state index in [0.717, 1.165) is 34.3 Å². The fourth-order valence-electron chi connectivity index (χ4n) is 2.34. The molecule has 0 heterocycles. The van der Waals surface area contributed by atoms with Crippen molar-refractivity contribution in [3.8, 4) is 11.5 Å². The van der Waals surface area contributed by atoms with Crippen LogP contribution in [0.2, 0.25) is 0 Å². The number of hydrogen-bond donors (Lipinski definition) is 2. The van der Waals surface area contributed by atoms with Gasteiger partial charge in [0.1, 0.15) is 24.7 Å². The number of fused-ring (bicyclic) bond motifs is 1. The third-order valence-electron chi connectivity index (χ3n) is 3.36. The predicted octanol–water partition coefficient (Wildman–Crippen LogP) is 2.92. The van der Waals surface area contributed by atoms with Crippen LogP contribution in [0.4, 0.5) is 0 Å². The minimum absolute atomic E-state index is 0.251. The van der Waals surface area contributed by atoms with Crippen LogP contribution in [0.15, 0.2) is 30.3 Å². The van der Waals surface area contributed by atoms with Gasteiger partial charge in [-0.15, -0.1) is 0 Å². The molecule has 0 saturated carbocycles. The molecule has 0 saturated heterocycles. The fourth-order valence-corrected chi connectivity index (χ4v) is 2.34. The van der Waals surface area contributed by atoms with E-state index in [-0.39, 0.29) is 13.2 Å².